The maximum Gasteiger partial charge on any atom is 0.226 e. The van der Waals surface area contributed by atoms with Gasteiger partial charge >= 0.3 is 0 Å². The van der Waals surface area contributed by atoms with Crippen LogP contribution in [-0.2, 0) is 9.53 Å². The van der Waals surface area contributed by atoms with E-state index in [0.29, 0.717) is 19.3 Å². The number of hydrogen-bond donors (Lipinski definition) is 3. The van der Waals surface area contributed by atoms with Crippen molar-refractivity contribution >= 4 is 5.91 Å². The van der Waals surface area contributed by atoms with Crippen molar-refractivity contribution in [2.45, 2.75) is 87.7 Å². The van der Waals surface area contributed by atoms with E-state index in [2.05, 4.69) is 34.3 Å². The molecule has 3 N–H and O–H groups in total. The molecule has 3 fully saturated rings. The zero-order valence-electron chi connectivity index (χ0n) is 22.2. The second kappa shape index (κ2) is 10.1. The first-order valence-electron chi connectivity index (χ1n) is 13.2. The number of rotatable bonds is 6. The van der Waals surface area contributed by atoms with Crippen LogP contribution in [-0.4, -0.2) is 96.1 Å². The van der Waals surface area contributed by atoms with Crippen molar-refractivity contribution in [3.05, 3.63) is 35.9 Å². The van der Waals surface area contributed by atoms with Crippen molar-refractivity contribution in [1.29, 1.82) is 0 Å². The minimum Gasteiger partial charge on any atom is -0.388 e. The van der Waals surface area contributed by atoms with Crippen molar-refractivity contribution in [2.75, 3.05) is 40.8 Å². The summed E-state index contributed by atoms with van der Waals surface area (Å²) in [5.41, 5.74) is -0.833. The van der Waals surface area contributed by atoms with Crippen LogP contribution in [0.3, 0.4) is 0 Å². The van der Waals surface area contributed by atoms with Crippen LogP contribution in [0.15, 0.2) is 30.3 Å². The number of fused-ring (bicyclic) bond motifs is 2. The summed E-state index contributed by atoms with van der Waals surface area (Å²) in [6.07, 6.45) is 2.81. The molecule has 0 radical (unpaired) electrons. The normalized spacial score (nSPS) is 36.4. The minimum atomic E-state index is -0.861. The molecule has 0 unspecified atom stereocenters. The molecule has 7 nitrogen and oxygen atoms in total. The third-order valence-electron chi connectivity index (χ3n) is 9.17. The van der Waals surface area contributed by atoms with Crippen LogP contribution in [0.1, 0.15) is 63.9 Å². The van der Waals surface area contributed by atoms with Crippen molar-refractivity contribution in [3.8, 4) is 0 Å². The third kappa shape index (κ3) is 5.30. The van der Waals surface area contributed by atoms with E-state index in [1.807, 2.05) is 46.1 Å². The van der Waals surface area contributed by atoms with Gasteiger partial charge in [0, 0.05) is 18.0 Å². The van der Waals surface area contributed by atoms with Gasteiger partial charge in [0.05, 0.1) is 17.3 Å². The van der Waals surface area contributed by atoms with Gasteiger partial charge in [-0.15, -0.1) is 0 Å². The maximum absolute atomic E-state index is 13.2. The van der Waals surface area contributed by atoms with Gasteiger partial charge in [-0.25, -0.2) is 0 Å². The van der Waals surface area contributed by atoms with Gasteiger partial charge in [0.25, 0.3) is 0 Å². The van der Waals surface area contributed by atoms with Gasteiger partial charge in [0.1, 0.15) is 6.10 Å². The predicted molar refractivity (Wildman–Crippen MR) is 137 cm³/mol. The standard InChI is InChI=1S/C28H45N3O4/c1-26(13-15-31(5)16-14-26)25(34)29-19-23(32)28-12-11-22(30(3)4)24(33)27(2,35-28)17-21(18-28)20-9-7-6-8-10-20/h6-10,21-24,32-33H,11-19H2,1-5H3,(H,29,34)/t21-,22-,23+,24+,27+,28+/m1/s1. The monoisotopic (exact) mass is 487 g/mol. The number of carbonyl (C=O) groups is 1. The molecule has 3 saturated heterocycles. The van der Waals surface area contributed by atoms with Crippen LogP contribution in [0.2, 0.25) is 0 Å². The lowest BCUT2D eigenvalue weighted by Gasteiger charge is -2.52. The second-order valence-corrected chi connectivity index (χ2v) is 12.1. The lowest BCUT2D eigenvalue weighted by molar-refractivity contribution is -0.250. The van der Waals surface area contributed by atoms with E-state index in [0.717, 1.165) is 32.4 Å². The Balaban J connectivity index is 1.57. The van der Waals surface area contributed by atoms with E-state index < -0.39 is 28.8 Å². The largest absolute Gasteiger partial charge is 0.388 e. The molecule has 4 rings (SSSR count). The Labute approximate surface area is 210 Å². The Morgan fingerprint density at radius 3 is 2.46 bits per heavy atom. The molecule has 1 amide bonds. The lowest BCUT2D eigenvalue weighted by Crippen LogP contribution is -2.61. The topological polar surface area (TPSA) is 85.3 Å². The quantitative estimate of drug-likeness (QED) is 0.571. The molecule has 196 valence electrons. The molecule has 2 bridgehead atoms. The van der Waals surface area contributed by atoms with Crippen molar-refractivity contribution in [3.63, 3.8) is 0 Å². The summed E-state index contributed by atoms with van der Waals surface area (Å²) >= 11 is 0. The number of nitrogens with one attached hydrogen (secondary N) is 1. The average Bonchev–Trinajstić information content (AvgIpc) is 2.91. The number of benzene rings is 1. The Bertz CT molecular complexity index is 872. The van der Waals surface area contributed by atoms with Gasteiger partial charge < -0.3 is 30.1 Å². The molecule has 3 heterocycles. The molecular weight excluding hydrogens is 442 g/mol. The average molecular weight is 488 g/mol. The molecule has 0 spiro atoms. The van der Waals surface area contributed by atoms with Crippen molar-refractivity contribution in [2.24, 2.45) is 5.41 Å². The lowest BCUT2D eigenvalue weighted by atomic mass is 9.72. The highest BCUT2D eigenvalue weighted by Crippen LogP contribution is 2.51. The highest BCUT2D eigenvalue weighted by Gasteiger charge is 2.57. The molecule has 1 aromatic rings. The van der Waals surface area contributed by atoms with Crippen LogP contribution >= 0.6 is 0 Å². The summed E-state index contributed by atoms with van der Waals surface area (Å²) in [5, 5.41) is 26.2. The van der Waals surface area contributed by atoms with Crippen LogP contribution in [0.25, 0.3) is 0 Å². The van der Waals surface area contributed by atoms with Crippen molar-refractivity contribution < 1.29 is 19.7 Å². The Morgan fingerprint density at radius 2 is 1.83 bits per heavy atom. The maximum atomic E-state index is 13.2. The number of hydrogen-bond acceptors (Lipinski definition) is 6. The second-order valence-electron chi connectivity index (χ2n) is 12.1. The third-order valence-corrected chi connectivity index (χ3v) is 9.17. The van der Waals surface area contributed by atoms with Crippen LogP contribution in [0, 0.1) is 5.41 Å². The number of nitrogens with zero attached hydrogens (tertiary/aromatic N) is 2. The van der Waals surface area contributed by atoms with Crippen LogP contribution < -0.4 is 5.32 Å². The van der Waals surface area contributed by atoms with Gasteiger partial charge in [-0.1, -0.05) is 37.3 Å². The summed E-state index contributed by atoms with van der Waals surface area (Å²) < 4.78 is 6.76. The van der Waals surface area contributed by atoms with Gasteiger partial charge in [0.2, 0.25) is 5.91 Å². The summed E-state index contributed by atoms with van der Waals surface area (Å²) in [4.78, 5) is 17.5. The molecule has 0 saturated carbocycles. The number of piperidine rings is 1. The molecule has 0 aliphatic carbocycles. The highest BCUT2D eigenvalue weighted by molar-refractivity contribution is 5.82. The Morgan fingerprint density at radius 1 is 1.17 bits per heavy atom. The minimum absolute atomic E-state index is 0.0130. The van der Waals surface area contributed by atoms with E-state index in [-0.39, 0.29) is 24.4 Å². The number of ether oxygens (including phenoxy) is 1. The van der Waals surface area contributed by atoms with Crippen molar-refractivity contribution in [1.82, 2.24) is 15.1 Å². The molecule has 6 atom stereocenters. The number of likely N-dealkylation sites (tertiary alicyclic amines) is 1. The van der Waals surface area contributed by atoms with Gasteiger partial charge in [-0.05, 0) is 91.2 Å². The summed E-state index contributed by atoms with van der Waals surface area (Å²) in [5.74, 6) is 0.168. The highest BCUT2D eigenvalue weighted by atomic mass is 16.6. The van der Waals surface area contributed by atoms with E-state index in [9.17, 15) is 15.0 Å². The fraction of sp³-hybridized carbons (Fsp3) is 0.750. The zero-order chi connectivity index (χ0) is 25.4. The van der Waals surface area contributed by atoms with Gasteiger partial charge in [0.15, 0.2) is 0 Å². The summed E-state index contributed by atoms with van der Waals surface area (Å²) in [7, 11) is 6.07. The molecule has 35 heavy (non-hydrogen) atoms. The number of carbonyl (C=O) groups excluding carboxylic acids is 1. The molecule has 3 aliphatic rings. The van der Waals surface area contributed by atoms with Crippen LogP contribution in [0.4, 0.5) is 0 Å². The first-order chi connectivity index (χ1) is 16.5. The fourth-order valence-electron chi connectivity index (χ4n) is 6.62. The fourth-order valence-corrected chi connectivity index (χ4v) is 6.62. The van der Waals surface area contributed by atoms with E-state index >= 15 is 0 Å². The number of amides is 1. The van der Waals surface area contributed by atoms with E-state index in [1.165, 1.54) is 5.56 Å². The predicted octanol–water partition coefficient (Wildman–Crippen LogP) is 2.37. The molecule has 0 aromatic heterocycles. The number of aliphatic hydroxyl groups is 2. The van der Waals surface area contributed by atoms with Gasteiger partial charge in [-0.3, -0.25) is 4.79 Å². The molecule has 7 heteroatoms. The number of aliphatic hydroxyl groups excluding tert-OH is 2. The molecule has 3 aliphatic heterocycles. The molecular formula is C28H45N3O4. The van der Waals surface area contributed by atoms with E-state index in [1.54, 1.807) is 0 Å². The Hall–Kier alpha value is -1.51. The first kappa shape index (κ1) is 26.6. The Kier molecular flexibility index (Phi) is 7.66. The molecule has 1 aromatic carbocycles. The SMILES string of the molecule is CN1CCC(C)(C(=O)NC[C@H](O)[C@]23CC[C@@H](N(C)C)[C@H](O)[C@](C)(C[C@@H](c4ccccc4)C2)O3)CC1. The smallest absolute Gasteiger partial charge is 0.226 e. The summed E-state index contributed by atoms with van der Waals surface area (Å²) in [6, 6.07) is 10.3. The van der Waals surface area contributed by atoms with Crippen LogP contribution in [0.5, 0.6) is 0 Å². The first-order valence-corrected chi connectivity index (χ1v) is 13.2. The summed E-state index contributed by atoms with van der Waals surface area (Å²) in [6.45, 7) is 5.99. The number of likely N-dealkylation sites (N-methyl/N-ethyl adjacent to an activating group) is 1. The zero-order valence-corrected chi connectivity index (χ0v) is 22.2. The van der Waals surface area contributed by atoms with E-state index in [4.69, 9.17) is 4.74 Å². The van der Waals surface area contributed by atoms with Gasteiger partial charge in [-0.2, -0.15) is 0 Å².